The average Bonchev–Trinajstić information content (AvgIpc) is 2.87. The first kappa shape index (κ1) is 16.5. The topological polar surface area (TPSA) is 62.3 Å². The third-order valence-corrected chi connectivity index (χ3v) is 7.30. The van der Waals surface area contributed by atoms with E-state index in [1.54, 1.807) is 19.1 Å². The molecular weight excluding hydrogens is 337 g/mol. The summed E-state index contributed by atoms with van der Waals surface area (Å²) in [6, 6.07) is 5.66. The molecule has 1 aliphatic rings. The molecule has 0 saturated carbocycles. The molecule has 124 valence electrons. The number of hydrogen-bond acceptors (Lipinski definition) is 5. The zero-order valence-electron chi connectivity index (χ0n) is 12.9. The SMILES string of the molecule is Cc1nc(S(=O)(=O)N2CCNCC2c2cccc(F)c2)sc1C. The highest BCUT2D eigenvalue weighted by Crippen LogP contribution is 2.31. The molecular formula is C15H18FN3O2S2. The monoisotopic (exact) mass is 355 g/mol. The molecule has 1 aliphatic heterocycles. The van der Waals surface area contributed by atoms with Gasteiger partial charge in [0.2, 0.25) is 4.34 Å². The molecule has 1 saturated heterocycles. The Labute approximate surface area is 139 Å². The van der Waals surface area contributed by atoms with E-state index in [0.717, 1.165) is 10.6 Å². The first-order chi connectivity index (χ1) is 10.9. The van der Waals surface area contributed by atoms with Crippen LogP contribution in [-0.2, 0) is 10.0 Å². The van der Waals surface area contributed by atoms with Crippen molar-refractivity contribution in [1.82, 2.24) is 14.6 Å². The lowest BCUT2D eigenvalue weighted by atomic mass is 10.1. The van der Waals surface area contributed by atoms with E-state index in [1.807, 2.05) is 6.92 Å². The average molecular weight is 355 g/mol. The van der Waals surface area contributed by atoms with Crippen molar-refractivity contribution in [2.24, 2.45) is 0 Å². The molecule has 3 rings (SSSR count). The van der Waals surface area contributed by atoms with Crippen LogP contribution in [0.1, 0.15) is 22.2 Å². The van der Waals surface area contributed by atoms with Gasteiger partial charge in [-0.3, -0.25) is 0 Å². The molecule has 0 bridgehead atoms. The molecule has 1 aromatic heterocycles. The molecule has 1 N–H and O–H groups in total. The summed E-state index contributed by atoms with van der Waals surface area (Å²) in [4.78, 5) is 5.09. The van der Waals surface area contributed by atoms with Crippen LogP contribution in [0.2, 0.25) is 0 Å². The van der Waals surface area contributed by atoms with Gasteiger partial charge in [-0.05, 0) is 31.5 Å². The van der Waals surface area contributed by atoms with Crippen LogP contribution in [0.15, 0.2) is 28.6 Å². The Balaban J connectivity index is 2.01. The highest BCUT2D eigenvalue weighted by Gasteiger charge is 2.36. The van der Waals surface area contributed by atoms with E-state index in [0.29, 0.717) is 25.2 Å². The van der Waals surface area contributed by atoms with Crippen LogP contribution < -0.4 is 5.32 Å². The van der Waals surface area contributed by atoms with Crippen molar-refractivity contribution >= 4 is 21.4 Å². The summed E-state index contributed by atoms with van der Waals surface area (Å²) < 4.78 is 41.0. The first-order valence-corrected chi connectivity index (χ1v) is 9.57. The van der Waals surface area contributed by atoms with Crippen molar-refractivity contribution in [3.05, 3.63) is 46.2 Å². The maximum absolute atomic E-state index is 13.5. The van der Waals surface area contributed by atoms with Crippen LogP contribution in [0.4, 0.5) is 4.39 Å². The van der Waals surface area contributed by atoms with Crippen molar-refractivity contribution in [1.29, 1.82) is 0 Å². The lowest BCUT2D eigenvalue weighted by molar-refractivity contribution is 0.271. The van der Waals surface area contributed by atoms with E-state index < -0.39 is 16.1 Å². The summed E-state index contributed by atoms with van der Waals surface area (Å²) in [7, 11) is -3.70. The molecule has 1 unspecified atom stereocenters. The number of rotatable bonds is 3. The number of sulfonamides is 1. The lowest BCUT2D eigenvalue weighted by Crippen LogP contribution is -2.48. The Kier molecular flexibility index (Phi) is 4.50. The summed E-state index contributed by atoms with van der Waals surface area (Å²) in [5.41, 5.74) is 1.37. The second-order valence-corrected chi connectivity index (χ2v) is 8.78. The van der Waals surface area contributed by atoms with Gasteiger partial charge in [-0.2, -0.15) is 4.31 Å². The summed E-state index contributed by atoms with van der Waals surface area (Å²) in [5, 5.41) is 3.18. The van der Waals surface area contributed by atoms with Crippen molar-refractivity contribution in [3.63, 3.8) is 0 Å². The van der Waals surface area contributed by atoms with Gasteiger partial charge in [0.1, 0.15) is 5.82 Å². The van der Waals surface area contributed by atoms with E-state index in [1.165, 1.54) is 27.8 Å². The van der Waals surface area contributed by atoms with Crippen molar-refractivity contribution < 1.29 is 12.8 Å². The van der Waals surface area contributed by atoms with Crippen LogP contribution in [0.3, 0.4) is 0 Å². The van der Waals surface area contributed by atoms with E-state index in [9.17, 15) is 12.8 Å². The van der Waals surface area contributed by atoms with Gasteiger partial charge >= 0.3 is 0 Å². The number of benzene rings is 1. The summed E-state index contributed by atoms with van der Waals surface area (Å²) in [5.74, 6) is -0.369. The molecule has 0 amide bonds. The molecule has 2 aromatic rings. The number of nitrogens with zero attached hydrogens (tertiary/aromatic N) is 2. The third kappa shape index (κ3) is 3.16. The fourth-order valence-corrected chi connectivity index (χ4v) is 5.66. The first-order valence-electron chi connectivity index (χ1n) is 7.31. The number of hydrogen-bond donors (Lipinski definition) is 1. The van der Waals surface area contributed by atoms with E-state index in [-0.39, 0.29) is 10.2 Å². The van der Waals surface area contributed by atoms with E-state index in [4.69, 9.17) is 0 Å². The van der Waals surface area contributed by atoms with Crippen molar-refractivity contribution in [3.8, 4) is 0 Å². The number of nitrogens with one attached hydrogen (secondary N) is 1. The Morgan fingerprint density at radius 3 is 2.83 bits per heavy atom. The van der Waals surface area contributed by atoms with Gasteiger partial charge in [0.25, 0.3) is 10.0 Å². The smallest absolute Gasteiger partial charge is 0.271 e. The second-order valence-electron chi connectivity index (χ2n) is 5.51. The lowest BCUT2D eigenvalue weighted by Gasteiger charge is -2.34. The molecule has 2 heterocycles. The molecule has 1 fully saturated rings. The molecule has 0 spiro atoms. The number of piperazine rings is 1. The Morgan fingerprint density at radius 1 is 1.39 bits per heavy atom. The van der Waals surface area contributed by atoms with Crippen LogP contribution in [0, 0.1) is 19.7 Å². The largest absolute Gasteiger partial charge is 0.313 e. The molecule has 0 radical (unpaired) electrons. The Bertz CT molecular complexity index is 800. The highest BCUT2D eigenvalue weighted by molar-refractivity contribution is 7.91. The Hall–Kier alpha value is -1.35. The maximum Gasteiger partial charge on any atom is 0.271 e. The molecule has 8 heteroatoms. The van der Waals surface area contributed by atoms with Crippen LogP contribution in [0.5, 0.6) is 0 Å². The summed E-state index contributed by atoms with van der Waals surface area (Å²) >= 11 is 1.18. The number of halogens is 1. The van der Waals surface area contributed by atoms with Gasteiger partial charge in [0.15, 0.2) is 0 Å². The van der Waals surface area contributed by atoms with Gasteiger partial charge in [0.05, 0.1) is 11.7 Å². The van der Waals surface area contributed by atoms with Gasteiger partial charge in [-0.15, -0.1) is 11.3 Å². The van der Waals surface area contributed by atoms with Gasteiger partial charge in [0, 0.05) is 24.5 Å². The zero-order chi connectivity index (χ0) is 16.6. The van der Waals surface area contributed by atoms with Crippen molar-refractivity contribution in [2.45, 2.75) is 24.2 Å². The second kappa shape index (κ2) is 6.27. The van der Waals surface area contributed by atoms with Gasteiger partial charge in [-0.25, -0.2) is 17.8 Å². The minimum atomic E-state index is -3.70. The zero-order valence-corrected chi connectivity index (χ0v) is 14.5. The molecule has 1 aromatic carbocycles. The summed E-state index contributed by atoms with van der Waals surface area (Å²) in [6.45, 7) is 5.00. The minimum Gasteiger partial charge on any atom is -0.313 e. The fraction of sp³-hybridized carbons (Fsp3) is 0.400. The van der Waals surface area contributed by atoms with E-state index >= 15 is 0 Å². The predicted octanol–water partition coefficient (Wildman–Crippen LogP) is 2.23. The van der Waals surface area contributed by atoms with Crippen LogP contribution in [0.25, 0.3) is 0 Å². The standard InChI is InChI=1S/C15H18FN3O2S2/c1-10-11(2)22-15(18-10)23(20,21)19-7-6-17-9-14(19)12-4-3-5-13(16)8-12/h3-5,8,14,17H,6-7,9H2,1-2H3. The van der Waals surface area contributed by atoms with Crippen LogP contribution >= 0.6 is 11.3 Å². The van der Waals surface area contributed by atoms with E-state index in [2.05, 4.69) is 10.3 Å². The number of aromatic nitrogens is 1. The maximum atomic E-state index is 13.5. The normalized spacial score (nSPS) is 19.9. The number of aryl methyl sites for hydroxylation is 2. The fourth-order valence-electron chi connectivity index (χ4n) is 2.63. The quantitative estimate of drug-likeness (QED) is 0.917. The van der Waals surface area contributed by atoms with Gasteiger partial charge < -0.3 is 5.32 Å². The van der Waals surface area contributed by atoms with Crippen LogP contribution in [-0.4, -0.2) is 37.3 Å². The highest BCUT2D eigenvalue weighted by atomic mass is 32.2. The van der Waals surface area contributed by atoms with Gasteiger partial charge in [-0.1, -0.05) is 12.1 Å². The summed E-state index contributed by atoms with van der Waals surface area (Å²) in [6.07, 6.45) is 0. The molecule has 1 atom stereocenters. The minimum absolute atomic E-state index is 0.107. The molecule has 5 nitrogen and oxygen atoms in total. The number of thiazole rings is 1. The predicted molar refractivity (Wildman–Crippen MR) is 87.5 cm³/mol. The molecule has 0 aliphatic carbocycles. The molecule has 23 heavy (non-hydrogen) atoms. The van der Waals surface area contributed by atoms with Crippen molar-refractivity contribution in [2.75, 3.05) is 19.6 Å². The third-order valence-electron chi connectivity index (χ3n) is 3.97. The Morgan fingerprint density at radius 2 is 2.17 bits per heavy atom.